The Bertz CT molecular complexity index is 182. The number of nitrogens with one attached hydrogen (secondary N) is 2. The average molecular weight is 170 g/mol. The summed E-state index contributed by atoms with van der Waals surface area (Å²) in [6.07, 6.45) is 2.63. The highest BCUT2D eigenvalue weighted by Gasteiger charge is 2.38. The molecule has 2 fully saturated rings. The van der Waals surface area contributed by atoms with Crippen LogP contribution in [0.5, 0.6) is 0 Å². The van der Waals surface area contributed by atoms with Crippen LogP contribution in [-0.4, -0.2) is 31.3 Å². The lowest BCUT2D eigenvalue weighted by Crippen LogP contribution is -2.52. The Hall–Kier alpha value is -0.770. The molecule has 0 radical (unpaired) electrons. The van der Waals surface area contributed by atoms with E-state index in [-0.39, 0.29) is 11.7 Å². The molecular formula is C8H14N2O2. The Morgan fingerprint density at radius 2 is 1.83 bits per heavy atom. The van der Waals surface area contributed by atoms with E-state index in [1.807, 2.05) is 0 Å². The topological polar surface area (TPSA) is 50.4 Å². The molecule has 0 bridgehead atoms. The van der Waals surface area contributed by atoms with Crippen molar-refractivity contribution in [2.45, 2.75) is 24.9 Å². The molecule has 68 valence electrons. The second-order valence-electron chi connectivity index (χ2n) is 3.50. The summed E-state index contributed by atoms with van der Waals surface area (Å²) in [5.41, 5.74) is -0.145. The molecular weight excluding hydrogens is 156 g/mol. The van der Waals surface area contributed by atoms with Crippen molar-refractivity contribution >= 4 is 6.09 Å². The van der Waals surface area contributed by atoms with Gasteiger partial charge in [0.05, 0.1) is 0 Å². The number of ether oxygens (including phenoxy) is 1. The standard InChI is InChI=1S/C8H14N2O2/c11-7-10-6-3-8(12-7)1-4-9-5-2-8/h9H,1-6H2,(H,10,11). The first-order chi connectivity index (χ1) is 5.81. The van der Waals surface area contributed by atoms with Crippen LogP contribution in [0.15, 0.2) is 0 Å². The second kappa shape index (κ2) is 2.94. The smallest absolute Gasteiger partial charge is 0.407 e. The molecule has 1 spiro atoms. The Kier molecular flexibility index (Phi) is 1.92. The first kappa shape index (κ1) is 7.86. The highest BCUT2D eigenvalue weighted by Crippen LogP contribution is 2.28. The fourth-order valence-electron chi connectivity index (χ4n) is 1.91. The average Bonchev–Trinajstić information content (AvgIpc) is 2.05. The minimum absolute atomic E-state index is 0.145. The van der Waals surface area contributed by atoms with E-state index < -0.39 is 0 Å². The molecule has 2 aliphatic rings. The molecule has 0 aliphatic carbocycles. The zero-order valence-electron chi connectivity index (χ0n) is 7.06. The normalized spacial score (nSPS) is 27.8. The highest BCUT2D eigenvalue weighted by atomic mass is 16.6. The minimum Gasteiger partial charge on any atom is -0.443 e. The fourth-order valence-corrected chi connectivity index (χ4v) is 1.91. The van der Waals surface area contributed by atoms with Crippen molar-refractivity contribution in [1.29, 1.82) is 0 Å². The van der Waals surface area contributed by atoms with Crippen molar-refractivity contribution in [2.75, 3.05) is 19.6 Å². The van der Waals surface area contributed by atoms with Gasteiger partial charge in [-0.3, -0.25) is 0 Å². The maximum absolute atomic E-state index is 11.0. The van der Waals surface area contributed by atoms with Gasteiger partial charge >= 0.3 is 6.09 Å². The van der Waals surface area contributed by atoms with Gasteiger partial charge in [0.2, 0.25) is 0 Å². The SMILES string of the molecule is O=C1NCCC2(CCNCC2)O1. The molecule has 0 aromatic rings. The van der Waals surface area contributed by atoms with Crippen LogP contribution in [0.1, 0.15) is 19.3 Å². The molecule has 2 heterocycles. The van der Waals surface area contributed by atoms with Crippen LogP contribution >= 0.6 is 0 Å². The molecule has 0 aromatic heterocycles. The first-order valence-electron chi connectivity index (χ1n) is 4.48. The lowest BCUT2D eigenvalue weighted by atomic mass is 9.88. The number of hydrogen-bond acceptors (Lipinski definition) is 3. The lowest BCUT2D eigenvalue weighted by molar-refractivity contribution is -0.0332. The van der Waals surface area contributed by atoms with Crippen LogP contribution in [0.3, 0.4) is 0 Å². The van der Waals surface area contributed by atoms with E-state index >= 15 is 0 Å². The van der Waals surface area contributed by atoms with Gasteiger partial charge in [0.1, 0.15) is 5.60 Å². The molecule has 4 nitrogen and oxygen atoms in total. The number of alkyl carbamates (subject to hydrolysis) is 1. The maximum Gasteiger partial charge on any atom is 0.407 e. The van der Waals surface area contributed by atoms with E-state index in [1.54, 1.807) is 0 Å². The van der Waals surface area contributed by atoms with E-state index in [4.69, 9.17) is 4.74 Å². The van der Waals surface area contributed by atoms with Crippen molar-refractivity contribution in [3.63, 3.8) is 0 Å². The fraction of sp³-hybridized carbons (Fsp3) is 0.875. The summed E-state index contributed by atoms with van der Waals surface area (Å²) in [6, 6.07) is 0. The zero-order valence-corrected chi connectivity index (χ0v) is 7.06. The molecule has 12 heavy (non-hydrogen) atoms. The van der Waals surface area contributed by atoms with Gasteiger partial charge in [0, 0.05) is 13.0 Å². The van der Waals surface area contributed by atoms with Crippen molar-refractivity contribution < 1.29 is 9.53 Å². The van der Waals surface area contributed by atoms with Gasteiger partial charge in [0.25, 0.3) is 0 Å². The first-order valence-corrected chi connectivity index (χ1v) is 4.48. The minimum atomic E-state index is -0.247. The Labute approximate surface area is 71.7 Å². The van der Waals surface area contributed by atoms with Gasteiger partial charge in [0.15, 0.2) is 0 Å². The summed E-state index contributed by atoms with van der Waals surface area (Å²) in [5.74, 6) is 0. The number of carbonyl (C=O) groups is 1. The van der Waals surface area contributed by atoms with Crippen LogP contribution in [0.2, 0.25) is 0 Å². The van der Waals surface area contributed by atoms with E-state index in [1.165, 1.54) is 0 Å². The summed E-state index contributed by atoms with van der Waals surface area (Å²) in [7, 11) is 0. The lowest BCUT2D eigenvalue weighted by Gasteiger charge is -2.39. The van der Waals surface area contributed by atoms with Gasteiger partial charge < -0.3 is 15.4 Å². The number of amides is 1. The predicted octanol–water partition coefficient (Wildman–Crippen LogP) is 0.238. The quantitative estimate of drug-likeness (QED) is 0.547. The zero-order chi connectivity index (χ0) is 8.44. The van der Waals surface area contributed by atoms with Crippen LogP contribution in [-0.2, 0) is 4.74 Å². The Morgan fingerprint density at radius 3 is 2.50 bits per heavy atom. The molecule has 2 N–H and O–H groups in total. The summed E-state index contributed by atoms with van der Waals surface area (Å²) >= 11 is 0. The third kappa shape index (κ3) is 1.39. The van der Waals surface area contributed by atoms with Crippen molar-refractivity contribution in [3.05, 3.63) is 0 Å². The third-order valence-electron chi connectivity index (χ3n) is 2.67. The predicted molar refractivity (Wildman–Crippen MR) is 43.9 cm³/mol. The molecule has 0 atom stereocenters. The number of piperidine rings is 1. The van der Waals surface area contributed by atoms with Gasteiger partial charge in [-0.2, -0.15) is 0 Å². The molecule has 0 saturated carbocycles. The molecule has 4 heteroatoms. The van der Waals surface area contributed by atoms with Crippen molar-refractivity contribution in [3.8, 4) is 0 Å². The number of rotatable bonds is 0. The van der Waals surface area contributed by atoms with Crippen molar-refractivity contribution in [2.24, 2.45) is 0 Å². The second-order valence-corrected chi connectivity index (χ2v) is 3.50. The highest BCUT2D eigenvalue weighted by molar-refractivity contribution is 5.68. The maximum atomic E-state index is 11.0. The van der Waals surface area contributed by atoms with E-state index in [0.29, 0.717) is 0 Å². The molecule has 0 unspecified atom stereocenters. The molecule has 0 aromatic carbocycles. The van der Waals surface area contributed by atoms with E-state index in [2.05, 4.69) is 10.6 Å². The summed E-state index contributed by atoms with van der Waals surface area (Å²) in [4.78, 5) is 11.0. The Morgan fingerprint density at radius 1 is 1.17 bits per heavy atom. The van der Waals surface area contributed by atoms with Gasteiger partial charge in [-0.05, 0) is 25.9 Å². The molecule has 2 rings (SSSR count). The molecule has 2 aliphatic heterocycles. The van der Waals surface area contributed by atoms with Gasteiger partial charge in [-0.1, -0.05) is 0 Å². The van der Waals surface area contributed by atoms with Gasteiger partial charge in [-0.15, -0.1) is 0 Å². The monoisotopic (exact) mass is 170 g/mol. The third-order valence-corrected chi connectivity index (χ3v) is 2.67. The number of hydrogen-bond donors (Lipinski definition) is 2. The van der Waals surface area contributed by atoms with Gasteiger partial charge in [-0.25, -0.2) is 4.79 Å². The Balaban J connectivity index is 2.02. The summed E-state index contributed by atoms with van der Waals surface area (Å²) in [5, 5.41) is 5.93. The van der Waals surface area contributed by atoms with Crippen LogP contribution in [0.4, 0.5) is 4.79 Å². The van der Waals surface area contributed by atoms with E-state index in [0.717, 1.165) is 38.9 Å². The largest absolute Gasteiger partial charge is 0.443 e. The molecule has 1 amide bonds. The van der Waals surface area contributed by atoms with Crippen LogP contribution in [0.25, 0.3) is 0 Å². The summed E-state index contributed by atoms with van der Waals surface area (Å²) in [6.45, 7) is 2.69. The van der Waals surface area contributed by atoms with Crippen LogP contribution in [0, 0.1) is 0 Å². The van der Waals surface area contributed by atoms with Crippen molar-refractivity contribution in [1.82, 2.24) is 10.6 Å². The summed E-state index contributed by atoms with van der Waals surface area (Å²) < 4.78 is 5.32. The van der Waals surface area contributed by atoms with E-state index in [9.17, 15) is 4.79 Å². The molecule has 2 saturated heterocycles. The number of carbonyl (C=O) groups excluding carboxylic acids is 1. The van der Waals surface area contributed by atoms with Crippen LogP contribution < -0.4 is 10.6 Å².